The smallest absolute Gasteiger partial charge is 0.311 e. The summed E-state index contributed by atoms with van der Waals surface area (Å²) in [5, 5.41) is 15.4. The molecule has 1 aliphatic rings. The highest BCUT2D eigenvalue weighted by atomic mass is 35.5. The quantitative estimate of drug-likeness (QED) is 0.622. The average Bonchev–Trinajstić information content (AvgIpc) is 3.10. The number of rotatable bonds is 4. The van der Waals surface area contributed by atoms with E-state index in [1.807, 2.05) is 48.7 Å². The van der Waals surface area contributed by atoms with Crippen molar-refractivity contribution in [2.45, 2.75) is 46.5 Å². The van der Waals surface area contributed by atoms with Crippen LogP contribution in [0, 0.1) is 12.3 Å². The predicted molar refractivity (Wildman–Crippen MR) is 119 cm³/mol. The zero-order valence-electron chi connectivity index (χ0n) is 17.8. The molecule has 30 heavy (non-hydrogen) atoms. The number of carboxylic acid groups (broad SMARTS) is 1. The lowest BCUT2D eigenvalue weighted by Gasteiger charge is -2.40. The molecule has 1 saturated heterocycles. The molecule has 158 valence electrons. The molecule has 1 aromatic carbocycles. The van der Waals surface area contributed by atoms with Gasteiger partial charge in [-0.3, -0.25) is 4.79 Å². The molecule has 1 fully saturated rings. The number of piperidine rings is 1. The van der Waals surface area contributed by atoms with Crippen LogP contribution in [0.5, 0.6) is 0 Å². The number of nitrogens with zero attached hydrogens (tertiary/aromatic N) is 4. The summed E-state index contributed by atoms with van der Waals surface area (Å²) in [7, 11) is 0. The van der Waals surface area contributed by atoms with Crippen LogP contribution in [0.15, 0.2) is 30.3 Å². The van der Waals surface area contributed by atoms with Crippen LogP contribution in [0.2, 0.25) is 5.02 Å². The van der Waals surface area contributed by atoms with Crippen LogP contribution < -0.4 is 4.90 Å². The Bertz CT molecular complexity index is 1110. The topological polar surface area (TPSA) is 70.7 Å². The van der Waals surface area contributed by atoms with Crippen LogP contribution in [0.3, 0.4) is 0 Å². The summed E-state index contributed by atoms with van der Waals surface area (Å²) < 4.78 is 1.89. The normalized spacial score (nSPS) is 19.6. The number of anilines is 1. The summed E-state index contributed by atoms with van der Waals surface area (Å²) in [5.74, 6) is 0.445. The number of aliphatic carboxylic acids is 1. The molecule has 2 aromatic heterocycles. The van der Waals surface area contributed by atoms with Gasteiger partial charge < -0.3 is 10.0 Å². The largest absolute Gasteiger partial charge is 0.481 e. The van der Waals surface area contributed by atoms with Crippen LogP contribution in [0.25, 0.3) is 16.9 Å². The van der Waals surface area contributed by atoms with E-state index in [9.17, 15) is 9.90 Å². The monoisotopic (exact) mass is 426 g/mol. The summed E-state index contributed by atoms with van der Waals surface area (Å²) in [6, 6.07) is 9.57. The summed E-state index contributed by atoms with van der Waals surface area (Å²) in [5.41, 5.74) is 3.84. The fourth-order valence-corrected chi connectivity index (χ4v) is 4.58. The van der Waals surface area contributed by atoms with Crippen molar-refractivity contribution in [1.29, 1.82) is 0 Å². The lowest BCUT2D eigenvalue weighted by molar-refractivity contribution is -0.148. The van der Waals surface area contributed by atoms with Crippen LogP contribution >= 0.6 is 11.6 Å². The number of benzene rings is 1. The van der Waals surface area contributed by atoms with Gasteiger partial charge in [0.25, 0.3) is 0 Å². The molecular weight excluding hydrogens is 400 g/mol. The fourth-order valence-electron chi connectivity index (χ4n) is 4.45. The second-order valence-corrected chi connectivity index (χ2v) is 9.22. The Morgan fingerprint density at radius 1 is 1.27 bits per heavy atom. The molecule has 0 saturated carbocycles. The molecule has 0 bridgehead atoms. The highest BCUT2D eigenvalue weighted by molar-refractivity contribution is 6.30. The first kappa shape index (κ1) is 20.7. The van der Waals surface area contributed by atoms with Gasteiger partial charge in [0.05, 0.1) is 11.1 Å². The van der Waals surface area contributed by atoms with Gasteiger partial charge in [-0.1, -0.05) is 37.6 Å². The van der Waals surface area contributed by atoms with Crippen molar-refractivity contribution in [3.05, 3.63) is 46.6 Å². The van der Waals surface area contributed by atoms with Crippen molar-refractivity contribution in [2.75, 3.05) is 18.0 Å². The van der Waals surface area contributed by atoms with E-state index < -0.39 is 11.4 Å². The third-order valence-electron chi connectivity index (χ3n) is 6.03. The van der Waals surface area contributed by atoms with Crippen molar-refractivity contribution in [2.24, 2.45) is 5.41 Å². The molecule has 0 unspecified atom stereocenters. The molecule has 0 aliphatic carbocycles. The molecular formula is C23H27ClN4O2. The van der Waals surface area contributed by atoms with Gasteiger partial charge in [0.15, 0.2) is 5.65 Å². The lowest BCUT2D eigenvalue weighted by Crippen LogP contribution is -2.47. The van der Waals surface area contributed by atoms with Gasteiger partial charge in [-0.25, -0.2) is 4.98 Å². The minimum Gasteiger partial charge on any atom is -0.481 e. The number of carbonyl (C=O) groups is 1. The standard InChI is InChI=1S/C23H27ClN4O2/c1-14(2)20-15(3)25-19-12-18(16-6-8-17(24)9-7-16)26-28(19)21(20)27-11-5-10-23(4,13-27)22(29)30/h6-9,12,14H,5,10-11,13H2,1-4H3,(H,29,30)/t23-/m0/s1. The van der Waals surface area contributed by atoms with E-state index in [1.165, 1.54) is 0 Å². The third kappa shape index (κ3) is 3.54. The van der Waals surface area contributed by atoms with Crippen LogP contribution in [-0.4, -0.2) is 38.8 Å². The van der Waals surface area contributed by atoms with E-state index in [0.29, 0.717) is 18.0 Å². The van der Waals surface area contributed by atoms with E-state index in [-0.39, 0.29) is 5.92 Å². The highest BCUT2D eigenvalue weighted by Gasteiger charge is 2.39. The van der Waals surface area contributed by atoms with Gasteiger partial charge in [0.2, 0.25) is 0 Å². The summed E-state index contributed by atoms with van der Waals surface area (Å²) >= 11 is 6.04. The van der Waals surface area contributed by atoms with Crippen molar-refractivity contribution in [3.8, 4) is 11.3 Å². The predicted octanol–water partition coefficient (Wildman–Crippen LogP) is 5.17. The van der Waals surface area contributed by atoms with Gasteiger partial charge >= 0.3 is 5.97 Å². The maximum Gasteiger partial charge on any atom is 0.311 e. The Kier molecular flexibility index (Phi) is 5.22. The Morgan fingerprint density at radius 2 is 1.97 bits per heavy atom. The highest BCUT2D eigenvalue weighted by Crippen LogP contribution is 2.37. The van der Waals surface area contributed by atoms with Crippen LogP contribution in [0.1, 0.15) is 50.8 Å². The second-order valence-electron chi connectivity index (χ2n) is 8.79. The maximum absolute atomic E-state index is 11.9. The average molecular weight is 427 g/mol. The van der Waals surface area contributed by atoms with E-state index in [1.54, 1.807) is 0 Å². The number of fused-ring (bicyclic) bond motifs is 1. The zero-order chi connectivity index (χ0) is 21.6. The first-order valence-corrected chi connectivity index (χ1v) is 10.7. The van der Waals surface area contributed by atoms with Crippen LogP contribution in [-0.2, 0) is 4.79 Å². The first-order chi connectivity index (χ1) is 14.2. The lowest BCUT2D eigenvalue weighted by atomic mass is 9.81. The van der Waals surface area contributed by atoms with Crippen molar-refractivity contribution < 1.29 is 9.90 Å². The first-order valence-electron chi connectivity index (χ1n) is 10.3. The molecule has 3 heterocycles. The molecule has 1 atom stereocenters. The molecule has 4 rings (SSSR count). The summed E-state index contributed by atoms with van der Waals surface area (Å²) in [4.78, 5) is 19.0. The number of aryl methyl sites for hydroxylation is 1. The summed E-state index contributed by atoms with van der Waals surface area (Å²) in [6.07, 6.45) is 1.51. The summed E-state index contributed by atoms with van der Waals surface area (Å²) in [6.45, 7) is 9.40. The molecule has 0 radical (unpaired) electrons. The van der Waals surface area contributed by atoms with Gasteiger partial charge in [-0.05, 0) is 44.7 Å². The minimum atomic E-state index is -0.776. The van der Waals surface area contributed by atoms with Gasteiger partial charge in [0.1, 0.15) is 5.82 Å². The number of carboxylic acids is 1. The molecule has 0 spiro atoms. The SMILES string of the molecule is Cc1nc2cc(-c3ccc(Cl)cc3)nn2c(N2CCC[C@](C)(C(=O)O)C2)c1C(C)C. The second kappa shape index (κ2) is 7.58. The molecule has 1 aliphatic heterocycles. The minimum absolute atomic E-state index is 0.234. The van der Waals surface area contributed by atoms with Crippen molar-refractivity contribution >= 4 is 29.0 Å². The maximum atomic E-state index is 11.9. The van der Waals surface area contributed by atoms with E-state index in [0.717, 1.165) is 46.9 Å². The Hall–Kier alpha value is -2.60. The molecule has 1 N–H and O–H groups in total. The van der Waals surface area contributed by atoms with Gasteiger partial charge in [0, 0.05) is 41.0 Å². The Labute approximate surface area is 181 Å². The Balaban J connectivity index is 1.90. The van der Waals surface area contributed by atoms with E-state index >= 15 is 0 Å². The fraction of sp³-hybridized carbons (Fsp3) is 0.435. The molecule has 0 amide bonds. The van der Waals surface area contributed by atoms with Crippen LogP contribution in [0.4, 0.5) is 5.82 Å². The molecule has 6 nitrogen and oxygen atoms in total. The number of hydrogen-bond donors (Lipinski definition) is 1. The number of halogens is 1. The molecule has 3 aromatic rings. The van der Waals surface area contributed by atoms with Crippen molar-refractivity contribution in [1.82, 2.24) is 14.6 Å². The molecule has 7 heteroatoms. The van der Waals surface area contributed by atoms with Gasteiger partial charge in [-0.15, -0.1) is 0 Å². The van der Waals surface area contributed by atoms with Crippen molar-refractivity contribution in [3.63, 3.8) is 0 Å². The van der Waals surface area contributed by atoms with E-state index in [4.69, 9.17) is 21.7 Å². The third-order valence-corrected chi connectivity index (χ3v) is 6.29. The Morgan fingerprint density at radius 3 is 2.60 bits per heavy atom. The van der Waals surface area contributed by atoms with Gasteiger partial charge in [-0.2, -0.15) is 9.61 Å². The number of aromatic nitrogens is 3. The zero-order valence-corrected chi connectivity index (χ0v) is 18.6. The number of hydrogen-bond acceptors (Lipinski definition) is 4. The van der Waals surface area contributed by atoms with E-state index in [2.05, 4.69) is 18.7 Å².